The molecule has 0 fully saturated rings. The number of hydrogen-bond donors (Lipinski definition) is 0. The standard InChI is InChI=1S/C4H9.2C3H7.Ti/c1-3-4-2;2*1-3-2;/h1,3-4H2,2H3;2*3H,1-2H3;/q3*-1;+3. The van der Waals surface area contributed by atoms with Crippen LogP contribution in [0.4, 0.5) is 0 Å². The SMILES string of the molecule is C[CH-]C.C[CH-]C.[CH2-]CCC.[Ti+3]. The minimum atomic E-state index is 0. The Bertz CT molecular complexity index is 16.8. The van der Waals surface area contributed by atoms with Gasteiger partial charge in [-0.1, -0.05) is 13.3 Å². The van der Waals surface area contributed by atoms with Crippen LogP contribution in [-0.2, 0) is 21.7 Å². The van der Waals surface area contributed by atoms with Crippen molar-refractivity contribution in [3.05, 3.63) is 19.8 Å². The first-order chi connectivity index (χ1) is 4.74. The van der Waals surface area contributed by atoms with E-state index in [9.17, 15) is 0 Å². The minimum Gasteiger partial charge on any atom is -0.343 e. The summed E-state index contributed by atoms with van der Waals surface area (Å²) in [7, 11) is 0. The monoisotopic (exact) mass is 191 g/mol. The Balaban J connectivity index is -0.0000000325. The molecule has 0 aromatic heterocycles. The summed E-state index contributed by atoms with van der Waals surface area (Å²) in [6, 6.07) is 0. The molecule has 0 rings (SSSR count). The van der Waals surface area contributed by atoms with E-state index in [1.165, 1.54) is 6.42 Å². The first-order valence-corrected chi connectivity index (χ1v) is 4.02. The van der Waals surface area contributed by atoms with Crippen molar-refractivity contribution in [1.82, 2.24) is 0 Å². The molecule has 0 aromatic rings. The van der Waals surface area contributed by atoms with Crippen molar-refractivity contribution in [2.24, 2.45) is 0 Å². The van der Waals surface area contributed by atoms with Gasteiger partial charge in [-0.25, -0.2) is 0 Å². The van der Waals surface area contributed by atoms with Crippen LogP contribution in [0.5, 0.6) is 0 Å². The van der Waals surface area contributed by atoms with Crippen LogP contribution in [0.3, 0.4) is 0 Å². The fourth-order valence-electron chi connectivity index (χ4n) is 0. The molecule has 67 valence electrons. The van der Waals surface area contributed by atoms with Gasteiger partial charge < -0.3 is 19.8 Å². The van der Waals surface area contributed by atoms with Crippen molar-refractivity contribution >= 4 is 0 Å². The van der Waals surface area contributed by atoms with Crippen molar-refractivity contribution in [2.75, 3.05) is 0 Å². The van der Waals surface area contributed by atoms with Gasteiger partial charge >= 0.3 is 21.7 Å². The molecule has 0 aliphatic heterocycles. The van der Waals surface area contributed by atoms with E-state index in [0.29, 0.717) is 0 Å². The quantitative estimate of drug-likeness (QED) is 0.432. The molecule has 0 aliphatic carbocycles. The molecule has 0 saturated carbocycles. The summed E-state index contributed by atoms with van der Waals surface area (Å²) in [5, 5.41) is 0. The maximum atomic E-state index is 3.60. The summed E-state index contributed by atoms with van der Waals surface area (Å²) < 4.78 is 0. The molecule has 0 saturated heterocycles. The number of rotatable bonds is 1. The van der Waals surface area contributed by atoms with E-state index in [4.69, 9.17) is 0 Å². The zero-order valence-corrected chi connectivity index (χ0v) is 10.3. The second-order valence-corrected chi connectivity index (χ2v) is 2.01. The van der Waals surface area contributed by atoms with E-state index in [0.717, 1.165) is 6.42 Å². The van der Waals surface area contributed by atoms with Gasteiger partial charge in [0, 0.05) is 0 Å². The van der Waals surface area contributed by atoms with Gasteiger partial charge in [-0.15, -0.1) is 0 Å². The fourth-order valence-corrected chi connectivity index (χ4v) is 0. The van der Waals surface area contributed by atoms with E-state index in [2.05, 4.69) is 13.8 Å². The predicted octanol–water partition coefficient (Wildman–Crippen LogP) is 4.08. The van der Waals surface area contributed by atoms with Crippen molar-refractivity contribution in [3.63, 3.8) is 0 Å². The van der Waals surface area contributed by atoms with Crippen LogP contribution in [-0.4, -0.2) is 0 Å². The van der Waals surface area contributed by atoms with Gasteiger partial charge in [-0.05, 0) is 0 Å². The summed E-state index contributed by atoms with van der Waals surface area (Å²) in [4.78, 5) is 0. The molecular formula is C10H23Ti. The van der Waals surface area contributed by atoms with Gasteiger partial charge in [0.2, 0.25) is 0 Å². The maximum Gasteiger partial charge on any atom is 3.00 e. The average Bonchev–Trinajstić information content (AvgIpc) is 1.91. The van der Waals surface area contributed by atoms with Crippen LogP contribution in [0.2, 0.25) is 0 Å². The maximum absolute atomic E-state index is 3.60. The third-order valence-electron chi connectivity index (χ3n) is 0.354. The number of unbranched alkanes of at least 4 members (excludes halogenated alkanes) is 1. The van der Waals surface area contributed by atoms with Crippen LogP contribution in [0.1, 0.15) is 47.5 Å². The third kappa shape index (κ3) is 277. The van der Waals surface area contributed by atoms with Crippen LogP contribution < -0.4 is 0 Å². The molecule has 0 atom stereocenters. The van der Waals surface area contributed by atoms with E-state index in [1.807, 2.05) is 40.5 Å². The van der Waals surface area contributed by atoms with Gasteiger partial charge in [-0.3, -0.25) is 0 Å². The molecule has 0 amide bonds. The Hall–Kier alpha value is 0.714. The third-order valence-corrected chi connectivity index (χ3v) is 0.354. The Morgan fingerprint density at radius 1 is 1.00 bits per heavy atom. The Morgan fingerprint density at radius 3 is 1.09 bits per heavy atom. The average molecular weight is 191 g/mol. The molecule has 11 heavy (non-hydrogen) atoms. The largest absolute Gasteiger partial charge is 3.00 e. The van der Waals surface area contributed by atoms with E-state index in [-0.39, 0.29) is 21.7 Å². The topological polar surface area (TPSA) is 0 Å². The summed E-state index contributed by atoms with van der Waals surface area (Å²) in [6.07, 6.45) is 6.28. The summed E-state index contributed by atoms with van der Waals surface area (Å²) in [6.45, 7) is 13.7. The van der Waals surface area contributed by atoms with Gasteiger partial charge in [-0.2, -0.15) is 34.1 Å². The Kier molecular flexibility index (Phi) is 93.5. The molecule has 0 aromatic carbocycles. The van der Waals surface area contributed by atoms with Gasteiger partial charge in [0.25, 0.3) is 0 Å². The zero-order valence-electron chi connectivity index (χ0n) is 8.78. The summed E-state index contributed by atoms with van der Waals surface area (Å²) in [5.41, 5.74) is 0. The zero-order chi connectivity index (χ0) is 8.83. The molecule has 0 nitrogen and oxygen atoms in total. The molecule has 0 heterocycles. The van der Waals surface area contributed by atoms with E-state index in [1.54, 1.807) is 0 Å². The fraction of sp³-hybridized carbons (Fsp3) is 0.700. The van der Waals surface area contributed by atoms with Crippen LogP contribution >= 0.6 is 0 Å². The Labute approximate surface area is 89.0 Å². The van der Waals surface area contributed by atoms with Crippen LogP contribution in [0, 0.1) is 19.8 Å². The summed E-state index contributed by atoms with van der Waals surface area (Å²) >= 11 is 0. The van der Waals surface area contributed by atoms with Gasteiger partial charge in [0.05, 0.1) is 0 Å². The van der Waals surface area contributed by atoms with Gasteiger partial charge in [0.1, 0.15) is 0 Å². The van der Waals surface area contributed by atoms with Crippen molar-refractivity contribution in [2.45, 2.75) is 47.5 Å². The van der Waals surface area contributed by atoms with E-state index < -0.39 is 0 Å². The predicted molar refractivity (Wildman–Crippen MR) is 51.6 cm³/mol. The van der Waals surface area contributed by atoms with Crippen LogP contribution in [0.15, 0.2) is 0 Å². The van der Waals surface area contributed by atoms with Gasteiger partial charge in [0.15, 0.2) is 0 Å². The second kappa shape index (κ2) is 45.5. The van der Waals surface area contributed by atoms with E-state index >= 15 is 0 Å². The molecule has 0 aliphatic rings. The molecule has 0 spiro atoms. The summed E-state index contributed by atoms with van der Waals surface area (Å²) in [5.74, 6) is 0. The molecular weight excluding hydrogens is 168 g/mol. The molecule has 0 N–H and O–H groups in total. The molecule has 0 unspecified atom stereocenters. The molecule has 1 radical (unpaired) electrons. The van der Waals surface area contributed by atoms with Crippen molar-refractivity contribution in [3.8, 4) is 0 Å². The smallest absolute Gasteiger partial charge is 0.343 e. The first kappa shape index (κ1) is 22.6. The molecule has 1 heteroatoms. The van der Waals surface area contributed by atoms with Crippen LogP contribution in [0.25, 0.3) is 0 Å². The Morgan fingerprint density at radius 2 is 1.09 bits per heavy atom. The van der Waals surface area contributed by atoms with Crippen molar-refractivity contribution in [1.29, 1.82) is 0 Å². The minimum absolute atomic E-state index is 0. The normalized spacial score (nSPS) is 6.00. The number of hydrogen-bond acceptors (Lipinski definition) is 0. The second-order valence-electron chi connectivity index (χ2n) is 2.01. The first-order valence-electron chi connectivity index (χ1n) is 4.02. The molecule has 0 bridgehead atoms. The van der Waals surface area contributed by atoms with Crippen molar-refractivity contribution < 1.29 is 21.7 Å².